The first-order valence-electron chi connectivity index (χ1n) is 10.9. The van der Waals surface area contributed by atoms with Crippen LogP contribution < -0.4 is 9.47 Å². The van der Waals surface area contributed by atoms with Crippen LogP contribution in [0.1, 0.15) is 35.7 Å². The van der Waals surface area contributed by atoms with Crippen molar-refractivity contribution in [3.63, 3.8) is 0 Å². The van der Waals surface area contributed by atoms with Crippen LogP contribution in [0.15, 0.2) is 36.4 Å². The van der Waals surface area contributed by atoms with Gasteiger partial charge >= 0.3 is 0 Å². The number of rotatable bonds is 1. The lowest BCUT2D eigenvalue weighted by Crippen LogP contribution is -2.77. The van der Waals surface area contributed by atoms with Crippen molar-refractivity contribution in [1.82, 2.24) is 9.88 Å². The van der Waals surface area contributed by atoms with E-state index in [0.717, 1.165) is 42.1 Å². The smallest absolute Gasteiger partial charge is 0.166 e. The van der Waals surface area contributed by atoms with Crippen molar-refractivity contribution >= 4 is 10.9 Å². The summed E-state index contributed by atoms with van der Waals surface area (Å²) in [6, 6.07) is 12.7. The Kier molecular flexibility index (Phi) is 2.89. The zero-order chi connectivity index (χ0) is 20.5. The fraction of sp³-hybridized carbons (Fsp3) is 0.440. The molecule has 1 fully saturated rings. The number of aliphatic hydroxyl groups is 1. The van der Waals surface area contributed by atoms with Crippen LogP contribution in [0.25, 0.3) is 10.9 Å². The molecule has 4 unspecified atom stereocenters. The number of piperidine rings is 1. The summed E-state index contributed by atoms with van der Waals surface area (Å²) in [5, 5.41) is 13.8. The van der Waals surface area contributed by atoms with Gasteiger partial charge in [-0.05, 0) is 56.6 Å². The lowest BCUT2D eigenvalue weighted by molar-refractivity contribution is -0.195. The van der Waals surface area contributed by atoms with Crippen molar-refractivity contribution in [1.29, 1.82) is 0 Å². The van der Waals surface area contributed by atoms with Gasteiger partial charge in [0.2, 0.25) is 0 Å². The minimum atomic E-state index is -0.905. The largest absolute Gasteiger partial charge is 0.493 e. The summed E-state index contributed by atoms with van der Waals surface area (Å²) in [7, 11) is 3.85. The highest BCUT2D eigenvalue weighted by molar-refractivity contribution is 5.86. The van der Waals surface area contributed by atoms with Gasteiger partial charge < -0.3 is 24.5 Å². The number of ether oxygens (including phenoxy) is 2. The molecule has 154 valence electrons. The van der Waals surface area contributed by atoms with E-state index in [1.165, 1.54) is 22.1 Å². The number of hydrogen-bond donors (Lipinski definition) is 2. The third-order valence-corrected chi connectivity index (χ3v) is 8.79. The normalized spacial score (nSPS) is 35.7. The first-order chi connectivity index (χ1) is 14.4. The lowest BCUT2D eigenvalue weighted by atomic mass is 9.45. The molecule has 3 aromatic rings. The van der Waals surface area contributed by atoms with Gasteiger partial charge in [0.1, 0.15) is 0 Å². The molecule has 30 heavy (non-hydrogen) atoms. The second kappa shape index (κ2) is 5.04. The molecule has 7 rings (SSSR count). The number of aromatic nitrogens is 1. The van der Waals surface area contributed by atoms with Crippen LogP contribution in [0.5, 0.6) is 11.5 Å². The average Bonchev–Trinajstić information content (AvgIpc) is 3.23. The zero-order valence-corrected chi connectivity index (χ0v) is 17.6. The summed E-state index contributed by atoms with van der Waals surface area (Å²) in [6.45, 7) is 3.12. The van der Waals surface area contributed by atoms with E-state index in [1.54, 1.807) is 7.11 Å². The molecule has 1 aromatic heterocycles. The number of benzene rings is 2. The number of fused-ring (bicyclic) bond motifs is 4. The summed E-state index contributed by atoms with van der Waals surface area (Å²) in [6.07, 6.45) is 2.32. The number of likely N-dealkylation sites (N-methyl/N-ethyl adjacent to an activating group) is 1. The molecule has 0 radical (unpaired) electrons. The molecule has 2 bridgehead atoms. The van der Waals surface area contributed by atoms with Crippen LogP contribution in [-0.2, 0) is 23.9 Å². The van der Waals surface area contributed by atoms with Crippen molar-refractivity contribution < 1.29 is 14.6 Å². The van der Waals surface area contributed by atoms with E-state index < -0.39 is 16.6 Å². The quantitative estimate of drug-likeness (QED) is 0.656. The van der Waals surface area contributed by atoms with Crippen LogP contribution in [0.4, 0.5) is 0 Å². The molecule has 1 spiro atoms. The third kappa shape index (κ3) is 1.55. The van der Waals surface area contributed by atoms with E-state index in [0.29, 0.717) is 6.42 Å². The molecule has 2 aliphatic heterocycles. The van der Waals surface area contributed by atoms with E-state index in [2.05, 4.69) is 54.2 Å². The number of hydrogen-bond acceptors (Lipinski definition) is 4. The fourth-order valence-corrected chi connectivity index (χ4v) is 7.52. The minimum Gasteiger partial charge on any atom is -0.493 e. The molecule has 3 heterocycles. The lowest BCUT2D eigenvalue weighted by Gasteiger charge is -2.64. The summed E-state index contributed by atoms with van der Waals surface area (Å²) in [4.78, 5) is 6.06. The minimum absolute atomic E-state index is 0.0582. The van der Waals surface area contributed by atoms with E-state index >= 15 is 0 Å². The Hall–Kier alpha value is -2.50. The van der Waals surface area contributed by atoms with Gasteiger partial charge in [0.15, 0.2) is 17.1 Å². The van der Waals surface area contributed by atoms with Crippen molar-refractivity contribution in [2.45, 2.75) is 48.8 Å². The molecule has 0 saturated carbocycles. The summed E-state index contributed by atoms with van der Waals surface area (Å²) in [5.41, 5.74) is 3.80. The molecule has 2 aromatic carbocycles. The van der Waals surface area contributed by atoms with Gasteiger partial charge in [-0.3, -0.25) is 0 Å². The molecule has 2 aliphatic carbocycles. The topological polar surface area (TPSA) is 57.7 Å². The number of aromatic amines is 1. The van der Waals surface area contributed by atoms with Crippen molar-refractivity contribution in [3.05, 3.63) is 58.8 Å². The first kappa shape index (κ1) is 17.2. The third-order valence-electron chi connectivity index (χ3n) is 8.79. The monoisotopic (exact) mass is 402 g/mol. The second-order valence-electron chi connectivity index (χ2n) is 9.75. The van der Waals surface area contributed by atoms with E-state index in [1.807, 2.05) is 6.07 Å². The maximum absolute atomic E-state index is 12.7. The average molecular weight is 402 g/mol. The van der Waals surface area contributed by atoms with E-state index in [-0.39, 0.29) is 6.04 Å². The predicted molar refractivity (Wildman–Crippen MR) is 114 cm³/mol. The maximum atomic E-state index is 12.7. The number of likely N-dealkylation sites (tertiary alicyclic amines) is 1. The molecular formula is C25H26N2O3. The van der Waals surface area contributed by atoms with Gasteiger partial charge in [0.25, 0.3) is 0 Å². The van der Waals surface area contributed by atoms with Gasteiger partial charge in [0.05, 0.1) is 23.8 Å². The van der Waals surface area contributed by atoms with E-state index in [4.69, 9.17) is 9.47 Å². The van der Waals surface area contributed by atoms with Crippen LogP contribution in [0.3, 0.4) is 0 Å². The number of nitrogens with one attached hydrogen (secondary N) is 1. The standard InChI is InChI=1S/C25H26N2O3/c1-23-22-16(15-6-4-5-7-17(15)26-22)13-25(28)19-12-14-8-9-18(29-3)21(30-23)20(14)24(23,25)10-11-27(19)2/h4-9,19,26,28H,10-13H2,1-3H3. The van der Waals surface area contributed by atoms with Gasteiger partial charge in [-0.25, -0.2) is 0 Å². The van der Waals surface area contributed by atoms with E-state index in [9.17, 15) is 5.11 Å². The Bertz CT molecular complexity index is 1250. The van der Waals surface area contributed by atoms with Crippen LogP contribution >= 0.6 is 0 Å². The molecule has 5 heteroatoms. The highest BCUT2D eigenvalue weighted by Crippen LogP contribution is 2.71. The number of methoxy groups -OCH3 is 1. The molecule has 0 amide bonds. The molecule has 1 saturated heterocycles. The molecule has 2 N–H and O–H groups in total. The summed E-state index contributed by atoms with van der Waals surface area (Å²) < 4.78 is 12.6. The summed E-state index contributed by atoms with van der Waals surface area (Å²) >= 11 is 0. The molecular weight excluding hydrogens is 376 g/mol. The molecule has 4 atom stereocenters. The van der Waals surface area contributed by atoms with Crippen molar-refractivity contribution in [2.75, 3.05) is 20.7 Å². The number of H-pyrrole nitrogens is 1. The van der Waals surface area contributed by atoms with Crippen molar-refractivity contribution in [3.8, 4) is 11.5 Å². The fourth-order valence-electron chi connectivity index (χ4n) is 7.52. The maximum Gasteiger partial charge on any atom is 0.166 e. The first-order valence-corrected chi connectivity index (χ1v) is 10.9. The number of nitrogens with zero attached hydrogens (tertiary/aromatic N) is 1. The zero-order valence-electron chi connectivity index (χ0n) is 17.6. The van der Waals surface area contributed by atoms with Crippen LogP contribution in [-0.4, -0.2) is 47.3 Å². The second-order valence-corrected chi connectivity index (χ2v) is 9.75. The molecule has 4 aliphatic rings. The van der Waals surface area contributed by atoms with Crippen LogP contribution in [0, 0.1) is 0 Å². The Morgan fingerprint density at radius 3 is 2.90 bits per heavy atom. The van der Waals surface area contributed by atoms with Gasteiger partial charge in [0, 0.05) is 28.9 Å². The van der Waals surface area contributed by atoms with Crippen LogP contribution in [0.2, 0.25) is 0 Å². The Balaban J connectivity index is 1.64. The van der Waals surface area contributed by atoms with Gasteiger partial charge in [-0.15, -0.1) is 0 Å². The van der Waals surface area contributed by atoms with Crippen molar-refractivity contribution in [2.24, 2.45) is 0 Å². The SMILES string of the molecule is COc1ccc2c3c1OC1(C)c4[nH]c5ccccc5c4CC4(O)C(C2)N(C)CCC314. The predicted octanol–water partition coefficient (Wildman–Crippen LogP) is 3.27. The number of para-hydroxylation sites is 1. The highest BCUT2D eigenvalue weighted by atomic mass is 16.5. The highest BCUT2D eigenvalue weighted by Gasteiger charge is 2.77. The van der Waals surface area contributed by atoms with Gasteiger partial charge in [-0.1, -0.05) is 24.3 Å². The molecule has 5 nitrogen and oxygen atoms in total. The Labute approximate surface area is 175 Å². The van der Waals surface area contributed by atoms with Gasteiger partial charge in [-0.2, -0.15) is 0 Å². The Morgan fingerprint density at radius 2 is 2.07 bits per heavy atom. The summed E-state index contributed by atoms with van der Waals surface area (Å²) in [5.74, 6) is 1.58. The Morgan fingerprint density at radius 1 is 1.23 bits per heavy atom.